The lowest BCUT2D eigenvalue weighted by atomic mass is 9.96. The van der Waals surface area contributed by atoms with E-state index in [0.717, 1.165) is 0 Å². The van der Waals surface area contributed by atoms with Gasteiger partial charge in [0.2, 0.25) is 0 Å². The lowest BCUT2D eigenvalue weighted by Crippen LogP contribution is -1.99. The number of nitrogens with zero attached hydrogens (tertiary/aromatic N) is 1. The van der Waals surface area contributed by atoms with Crippen LogP contribution in [0.1, 0.15) is 24.1 Å². The van der Waals surface area contributed by atoms with E-state index in [1.54, 1.807) is 18.0 Å². The summed E-state index contributed by atoms with van der Waals surface area (Å²) < 4.78 is 0. The van der Waals surface area contributed by atoms with E-state index in [0.29, 0.717) is 0 Å². The minimum atomic E-state index is 1.24. The average molecular weight is 239 g/mol. The van der Waals surface area contributed by atoms with Crippen molar-refractivity contribution in [2.75, 3.05) is 0 Å². The van der Waals surface area contributed by atoms with Gasteiger partial charge >= 0.3 is 0 Å². The second-order valence-corrected chi connectivity index (χ2v) is 4.60. The summed E-state index contributed by atoms with van der Waals surface area (Å²) in [5.74, 6) is 0. The van der Waals surface area contributed by atoms with Gasteiger partial charge in [-0.2, -0.15) is 5.10 Å². The molecule has 18 heavy (non-hydrogen) atoms. The van der Waals surface area contributed by atoms with Gasteiger partial charge < -0.3 is 4.98 Å². The van der Waals surface area contributed by atoms with Gasteiger partial charge in [-0.15, -0.1) is 0 Å². The fourth-order valence-electron chi connectivity index (χ4n) is 2.57. The lowest BCUT2D eigenvalue weighted by molar-refractivity contribution is 0.680. The molecule has 0 amide bonds. The monoisotopic (exact) mass is 239 g/mol. The van der Waals surface area contributed by atoms with E-state index in [1.165, 1.54) is 42.3 Å². The molecular formula is C15H17N3. The van der Waals surface area contributed by atoms with Crippen molar-refractivity contribution in [3.05, 3.63) is 54.0 Å². The Morgan fingerprint density at radius 1 is 1.00 bits per heavy atom. The molecule has 0 saturated heterocycles. The van der Waals surface area contributed by atoms with Gasteiger partial charge in [0.25, 0.3) is 0 Å². The van der Waals surface area contributed by atoms with E-state index in [4.69, 9.17) is 0 Å². The highest BCUT2D eigenvalue weighted by atomic mass is 15.1. The molecule has 1 aromatic carbocycles. The highest BCUT2D eigenvalue weighted by Crippen LogP contribution is 2.28. The van der Waals surface area contributed by atoms with Crippen LogP contribution in [-0.4, -0.2) is 15.2 Å². The normalized spacial score (nSPS) is 13.8. The van der Waals surface area contributed by atoms with Crippen molar-refractivity contribution in [1.82, 2.24) is 15.2 Å². The van der Waals surface area contributed by atoms with Crippen LogP contribution < -0.4 is 0 Å². The van der Waals surface area contributed by atoms with E-state index < -0.39 is 0 Å². The van der Waals surface area contributed by atoms with E-state index in [-0.39, 0.29) is 0 Å². The summed E-state index contributed by atoms with van der Waals surface area (Å²) in [5.41, 5.74) is 4.36. The fourth-order valence-corrected chi connectivity index (χ4v) is 2.57. The minimum Gasteiger partial charge on any atom is -0.358 e. The average Bonchev–Trinajstić information content (AvgIpc) is 3.10. The Morgan fingerprint density at radius 3 is 2.67 bits per heavy atom. The first-order chi connectivity index (χ1) is 8.95. The lowest BCUT2D eigenvalue weighted by Gasteiger charge is -2.10. The maximum Gasteiger partial charge on any atom is 0.0487 e. The first kappa shape index (κ1) is 11.1. The van der Waals surface area contributed by atoms with Crippen molar-refractivity contribution in [2.45, 2.75) is 25.7 Å². The summed E-state index contributed by atoms with van der Waals surface area (Å²) in [7, 11) is 0. The van der Waals surface area contributed by atoms with Crippen LogP contribution in [0.5, 0.6) is 0 Å². The van der Waals surface area contributed by atoms with Gasteiger partial charge in [-0.25, -0.2) is 0 Å². The third-order valence-electron chi connectivity index (χ3n) is 3.41. The first-order valence-corrected chi connectivity index (χ1v) is 6.47. The summed E-state index contributed by atoms with van der Waals surface area (Å²) in [6.45, 7) is 0. The topological polar surface area (TPSA) is 44.5 Å². The summed E-state index contributed by atoms with van der Waals surface area (Å²) >= 11 is 0. The number of nitrogens with one attached hydrogen (secondary N) is 2. The van der Waals surface area contributed by atoms with Gasteiger partial charge in [0.05, 0.1) is 0 Å². The number of aromatic amines is 2. The van der Waals surface area contributed by atoms with Gasteiger partial charge in [-0.05, 0) is 43.4 Å². The fraction of sp³-hybridized carbons (Fsp3) is 0.267. The van der Waals surface area contributed by atoms with Crippen LogP contribution in [0.3, 0.4) is 0 Å². The predicted molar refractivity (Wildman–Crippen MR) is 73.5 cm³/mol. The smallest absolute Gasteiger partial charge is 0.0487 e. The molecule has 2 aromatic heterocycles. The number of aryl methyl sites for hydroxylation is 2. The maximum atomic E-state index is 3.60. The molecule has 0 atom stereocenters. The number of hydrogen-bond donors (Lipinski definition) is 2. The molecular weight excluding hydrogens is 222 g/mol. The van der Waals surface area contributed by atoms with Gasteiger partial charge in [0.15, 0.2) is 0 Å². The third kappa shape index (κ3) is 2.16. The van der Waals surface area contributed by atoms with Gasteiger partial charge in [-0.1, -0.05) is 18.2 Å². The Bertz CT molecular complexity index is 591. The van der Waals surface area contributed by atoms with Gasteiger partial charge in [0.1, 0.15) is 0 Å². The molecule has 92 valence electrons. The highest BCUT2D eigenvalue weighted by molar-refractivity contribution is 5.84. The van der Waals surface area contributed by atoms with E-state index in [1.807, 2.05) is 6.07 Å². The van der Waals surface area contributed by atoms with Crippen molar-refractivity contribution in [1.29, 1.82) is 0 Å². The van der Waals surface area contributed by atoms with Crippen LogP contribution in [0.2, 0.25) is 0 Å². The minimum absolute atomic E-state index is 1.24. The number of rotatable bonds is 0. The van der Waals surface area contributed by atoms with Gasteiger partial charge in [0, 0.05) is 29.0 Å². The van der Waals surface area contributed by atoms with Crippen molar-refractivity contribution in [3.63, 3.8) is 0 Å². The number of aromatic nitrogens is 3. The molecule has 0 bridgehead atoms. The molecule has 2 heterocycles. The molecule has 2 N–H and O–H groups in total. The van der Waals surface area contributed by atoms with Crippen LogP contribution >= 0.6 is 0 Å². The van der Waals surface area contributed by atoms with Crippen molar-refractivity contribution in [2.24, 2.45) is 0 Å². The summed E-state index contributed by atoms with van der Waals surface area (Å²) in [4.78, 5) is 3.52. The zero-order valence-electron chi connectivity index (χ0n) is 10.3. The molecule has 0 saturated carbocycles. The largest absolute Gasteiger partial charge is 0.358 e. The predicted octanol–water partition coefficient (Wildman–Crippen LogP) is 3.46. The molecule has 0 radical (unpaired) electrons. The summed E-state index contributed by atoms with van der Waals surface area (Å²) in [5, 5.41) is 7.65. The summed E-state index contributed by atoms with van der Waals surface area (Å²) in [6, 6.07) is 10.5. The Balaban J connectivity index is 0.000000169. The molecule has 3 heteroatoms. The molecule has 0 unspecified atom stereocenters. The van der Waals surface area contributed by atoms with Crippen LogP contribution in [0.15, 0.2) is 42.7 Å². The molecule has 3 aromatic rings. The van der Waals surface area contributed by atoms with E-state index in [9.17, 15) is 0 Å². The molecule has 0 aliphatic heterocycles. The second kappa shape index (κ2) is 5.08. The van der Waals surface area contributed by atoms with Crippen molar-refractivity contribution in [3.8, 4) is 0 Å². The molecule has 0 fully saturated rings. The van der Waals surface area contributed by atoms with Crippen LogP contribution in [0.4, 0.5) is 0 Å². The molecule has 1 aliphatic rings. The van der Waals surface area contributed by atoms with Gasteiger partial charge in [-0.3, -0.25) is 5.10 Å². The van der Waals surface area contributed by atoms with Crippen molar-refractivity contribution < 1.29 is 0 Å². The third-order valence-corrected chi connectivity index (χ3v) is 3.41. The van der Waals surface area contributed by atoms with Crippen molar-refractivity contribution >= 4 is 10.9 Å². The Hall–Kier alpha value is -2.03. The quantitative estimate of drug-likeness (QED) is 0.620. The molecule has 3 nitrogen and oxygen atoms in total. The highest BCUT2D eigenvalue weighted by Gasteiger charge is 2.13. The van der Waals surface area contributed by atoms with Crippen LogP contribution in [-0.2, 0) is 12.8 Å². The van der Waals surface area contributed by atoms with E-state index >= 15 is 0 Å². The number of fused-ring (bicyclic) bond motifs is 3. The van der Waals surface area contributed by atoms with Crippen LogP contribution in [0, 0.1) is 0 Å². The Morgan fingerprint density at radius 2 is 1.89 bits per heavy atom. The first-order valence-electron chi connectivity index (χ1n) is 6.47. The Kier molecular flexibility index (Phi) is 3.13. The van der Waals surface area contributed by atoms with Crippen LogP contribution in [0.25, 0.3) is 10.9 Å². The molecule has 0 spiro atoms. The molecule has 1 aliphatic carbocycles. The standard InChI is InChI=1S/C12H13N.C3H4N2/c1-3-7-11-9(5-1)10-6-2-4-8-12(10)13-11;1-2-4-5-3-1/h1,3,5,7,13H,2,4,6,8H2;1-3H,(H,4,5). The number of H-pyrrole nitrogens is 2. The number of para-hydroxylation sites is 1. The Labute approximate surface area is 106 Å². The SMILES string of the molecule is c1ccc2c3c([nH]c2c1)CCCC3.c1cn[nH]c1. The molecule has 4 rings (SSSR count). The zero-order chi connectivity index (χ0) is 12.2. The number of hydrogen-bond acceptors (Lipinski definition) is 1. The zero-order valence-corrected chi connectivity index (χ0v) is 10.3. The second-order valence-electron chi connectivity index (χ2n) is 4.60. The van der Waals surface area contributed by atoms with E-state index in [2.05, 4.69) is 39.4 Å². The summed E-state index contributed by atoms with van der Waals surface area (Å²) in [6.07, 6.45) is 8.66. The number of benzene rings is 1. The maximum absolute atomic E-state index is 3.60.